The highest BCUT2D eigenvalue weighted by Gasteiger charge is 2.31. The molecule has 0 aliphatic carbocycles. The van der Waals surface area contributed by atoms with Crippen molar-refractivity contribution in [1.82, 2.24) is 4.57 Å². The van der Waals surface area contributed by atoms with E-state index in [-0.39, 0.29) is 5.97 Å². The molecule has 0 bridgehead atoms. The normalized spacial score (nSPS) is 12.2. The first kappa shape index (κ1) is 20.4. The van der Waals surface area contributed by atoms with Crippen LogP contribution in [-0.2, 0) is 17.7 Å². The number of esters is 1. The van der Waals surface area contributed by atoms with E-state index in [1.165, 1.54) is 0 Å². The van der Waals surface area contributed by atoms with Gasteiger partial charge >= 0.3 is 5.97 Å². The fraction of sp³-hybridized carbons (Fsp3) is 0.292. The lowest BCUT2D eigenvalue weighted by Gasteiger charge is -2.22. The summed E-state index contributed by atoms with van der Waals surface area (Å²) in [7, 11) is 3.24. The third kappa shape index (κ3) is 3.23. The number of carbonyl (C=O) groups is 1. The topological polar surface area (TPSA) is 49.7 Å². The van der Waals surface area contributed by atoms with Gasteiger partial charge in [0.15, 0.2) is 0 Å². The van der Waals surface area contributed by atoms with Crippen LogP contribution < -0.4 is 9.47 Å². The van der Waals surface area contributed by atoms with Crippen molar-refractivity contribution in [2.24, 2.45) is 0 Å². The largest absolute Gasteiger partial charge is 0.497 e. The first-order valence-electron chi connectivity index (χ1n) is 9.91. The zero-order chi connectivity index (χ0) is 21.4. The lowest BCUT2D eigenvalue weighted by Crippen LogP contribution is -2.14. The van der Waals surface area contributed by atoms with Crippen molar-refractivity contribution in [2.75, 3.05) is 20.8 Å². The number of nitrogens with zero attached hydrogens (tertiary/aromatic N) is 1. The average Bonchev–Trinajstić information content (AvgIpc) is 3.06. The molecule has 1 aliphatic rings. The molecule has 0 fully saturated rings. The van der Waals surface area contributed by atoms with Crippen LogP contribution >= 0.6 is 11.6 Å². The minimum absolute atomic E-state index is 0.306. The second-order valence-electron chi connectivity index (χ2n) is 7.18. The predicted octanol–water partition coefficient (Wildman–Crippen LogP) is 5.53. The Kier molecular flexibility index (Phi) is 5.48. The lowest BCUT2D eigenvalue weighted by atomic mass is 9.93. The van der Waals surface area contributed by atoms with Gasteiger partial charge in [-0.05, 0) is 61.7 Å². The molecule has 6 heteroatoms. The smallest absolute Gasteiger partial charge is 0.340 e. The van der Waals surface area contributed by atoms with Crippen molar-refractivity contribution in [2.45, 2.75) is 26.8 Å². The molecule has 0 radical (unpaired) electrons. The Morgan fingerprint density at radius 3 is 2.60 bits per heavy atom. The molecule has 2 heterocycles. The molecule has 0 saturated heterocycles. The van der Waals surface area contributed by atoms with E-state index >= 15 is 0 Å². The summed E-state index contributed by atoms with van der Waals surface area (Å²) in [5, 5.41) is 0.499. The first-order valence-corrected chi connectivity index (χ1v) is 10.3. The van der Waals surface area contributed by atoms with Crippen LogP contribution in [0.15, 0.2) is 36.4 Å². The Morgan fingerprint density at radius 1 is 1.13 bits per heavy atom. The number of carbonyl (C=O) groups excluding carboxylic acids is 1. The van der Waals surface area contributed by atoms with Crippen LogP contribution in [0, 0.1) is 6.92 Å². The molecular formula is C24H24ClNO4. The number of ether oxygens (including phenoxy) is 3. The highest BCUT2D eigenvalue weighted by Crippen LogP contribution is 2.44. The van der Waals surface area contributed by atoms with Gasteiger partial charge in [-0.3, -0.25) is 0 Å². The van der Waals surface area contributed by atoms with Crippen molar-refractivity contribution >= 4 is 17.6 Å². The van der Waals surface area contributed by atoms with Gasteiger partial charge in [-0.2, -0.15) is 0 Å². The molecular weight excluding hydrogens is 402 g/mol. The molecule has 0 amide bonds. The zero-order valence-corrected chi connectivity index (χ0v) is 18.3. The number of hydrogen-bond donors (Lipinski definition) is 0. The second-order valence-corrected chi connectivity index (χ2v) is 7.59. The number of methoxy groups -OCH3 is 2. The van der Waals surface area contributed by atoms with E-state index < -0.39 is 0 Å². The Morgan fingerprint density at radius 2 is 1.93 bits per heavy atom. The minimum atomic E-state index is -0.333. The average molecular weight is 426 g/mol. The minimum Gasteiger partial charge on any atom is -0.497 e. The monoisotopic (exact) mass is 425 g/mol. The van der Waals surface area contributed by atoms with Crippen molar-refractivity contribution in [3.8, 4) is 33.9 Å². The Hall–Kier alpha value is -2.92. The number of rotatable bonds is 5. The molecule has 5 nitrogen and oxygen atoms in total. The Bertz CT molecular complexity index is 1130. The molecule has 0 unspecified atom stereocenters. The van der Waals surface area contributed by atoms with Gasteiger partial charge in [0.05, 0.1) is 37.1 Å². The molecule has 1 aliphatic heterocycles. The number of fused-ring (bicyclic) bond motifs is 3. The number of benzene rings is 2. The van der Waals surface area contributed by atoms with E-state index in [2.05, 4.69) is 4.57 Å². The maximum atomic E-state index is 13.1. The molecule has 156 valence electrons. The molecule has 30 heavy (non-hydrogen) atoms. The van der Waals surface area contributed by atoms with Crippen molar-refractivity contribution in [3.05, 3.63) is 58.2 Å². The summed E-state index contributed by atoms with van der Waals surface area (Å²) in [6.07, 6.45) is 0.861. The summed E-state index contributed by atoms with van der Waals surface area (Å²) < 4.78 is 18.4. The molecule has 3 aromatic rings. The van der Waals surface area contributed by atoms with Crippen molar-refractivity contribution in [1.29, 1.82) is 0 Å². The second kappa shape index (κ2) is 8.07. The van der Waals surface area contributed by atoms with E-state index in [4.69, 9.17) is 25.8 Å². The summed E-state index contributed by atoms with van der Waals surface area (Å²) in [5.74, 6) is 1.07. The van der Waals surface area contributed by atoms with Crippen LogP contribution in [0.2, 0.25) is 5.02 Å². The van der Waals surface area contributed by atoms with Gasteiger partial charge in [-0.15, -0.1) is 0 Å². The predicted molar refractivity (Wildman–Crippen MR) is 118 cm³/mol. The van der Waals surface area contributed by atoms with E-state index in [0.717, 1.165) is 52.4 Å². The van der Waals surface area contributed by atoms with E-state index in [1.807, 2.05) is 50.2 Å². The third-order valence-electron chi connectivity index (χ3n) is 5.62. The molecule has 1 aromatic heterocycles. The molecule has 0 atom stereocenters. The van der Waals surface area contributed by atoms with E-state index in [1.54, 1.807) is 14.2 Å². The number of hydrogen-bond acceptors (Lipinski definition) is 4. The van der Waals surface area contributed by atoms with Crippen LogP contribution in [-0.4, -0.2) is 31.4 Å². The summed E-state index contributed by atoms with van der Waals surface area (Å²) in [5.41, 5.74) is 6.35. The van der Waals surface area contributed by atoms with Gasteiger partial charge in [0, 0.05) is 23.4 Å². The van der Waals surface area contributed by atoms with E-state index in [9.17, 15) is 4.79 Å². The van der Waals surface area contributed by atoms with E-state index in [0.29, 0.717) is 22.9 Å². The standard InChI is InChI=1S/C24H24ClNO4/c1-5-30-24(27)22-21(16-6-9-20(29-4)19(25)13-16)14(2)26-11-10-15-12-17(28-3)7-8-18(15)23(22)26/h6-9,12-13H,5,10-11H2,1-4H3. The summed E-state index contributed by atoms with van der Waals surface area (Å²) in [6.45, 7) is 4.93. The van der Waals surface area contributed by atoms with Gasteiger partial charge in [-0.1, -0.05) is 17.7 Å². The summed E-state index contributed by atoms with van der Waals surface area (Å²) in [6, 6.07) is 11.6. The highest BCUT2D eigenvalue weighted by atomic mass is 35.5. The van der Waals surface area contributed by atoms with Gasteiger partial charge < -0.3 is 18.8 Å². The lowest BCUT2D eigenvalue weighted by molar-refractivity contribution is 0.0528. The molecule has 4 rings (SSSR count). The van der Waals surface area contributed by atoms with Crippen LogP contribution in [0.1, 0.15) is 28.5 Å². The van der Waals surface area contributed by atoms with Crippen LogP contribution in [0.4, 0.5) is 0 Å². The van der Waals surface area contributed by atoms with Gasteiger partial charge in [0.25, 0.3) is 0 Å². The quantitative estimate of drug-likeness (QED) is 0.504. The highest BCUT2D eigenvalue weighted by molar-refractivity contribution is 6.32. The summed E-state index contributed by atoms with van der Waals surface area (Å²) >= 11 is 6.40. The van der Waals surface area contributed by atoms with Gasteiger partial charge in [0.2, 0.25) is 0 Å². The first-order chi connectivity index (χ1) is 14.5. The van der Waals surface area contributed by atoms with Crippen molar-refractivity contribution in [3.63, 3.8) is 0 Å². The summed E-state index contributed by atoms with van der Waals surface area (Å²) in [4.78, 5) is 13.1. The fourth-order valence-corrected chi connectivity index (χ4v) is 4.50. The maximum Gasteiger partial charge on any atom is 0.340 e. The number of aromatic nitrogens is 1. The Balaban J connectivity index is 2.00. The number of aryl methyl sites for hydroxylation is 1. The maximum absolute atomic E-state index is 13.1. The third-order valence-corrected chi connectivity index (χ3v) is 5.91. The molecule has 0 saturated carbocycles. The van der Waals surface area contributed by atoms with Gasteiger partial charge in [0.1, 0.15) is 11.5 Å². The van der Waals surface area contributed by atoms with Gasteiger partial charge in [-0.25, -0.2) is 4.79 Å². The number of halogens is 1. The van der Waals surface area contributed by atoms with Crippen molar-refractivity contribution < 1.29 is 19.0 Å². The van der Waals surface area contributed by atoms with Crippen LogP contribution in [0.25, 0.3) is 22.4 Å². The molecule has 0 N–H and O–H groups in total. The zero-order valence-electron chi connectivity index (χ0n) is 17.5. The molecule has 2 aromatic carbocycles. The SMILES string of the molecule is CCOC(=O)c1c(-c2ccc(OC)c(Cl)c2)c(C)n2c1-c1ccc(OC)cc1CC2. The fourth-order valence-electron chi connectivity index (χ4n) is 4.24. The van der Waals surface area contributed by atoms with Crippen LogP contribution in [0.5, 0.6) is 11.5 Å². The Labute approximate surface area is 181 Å². The van der Waals surface area contributed by atoms with Crippen LogP contribution in [0.3, 0.4) is 0 Å². The molecule has 0 spiro atoms.